The summed E-state index contributed by atoms with van der Waals surface area (Å²) in [5.41, 5.74) is 10.4. The van der Waals surface area contributed by atoms with Crippen LogP contribution in [0.25, 0.3) is 0 Å². The van der Waals surface area contributed by atoms with Gasteiger partial charge in [-0.3, -0.25) is 4.79 Å². The Bertz CT molecular complexity index is 631. The number of rotatable bonds is 2. The average Bonchev–Trinajstić information content (AvgIpc) is 2.83. The third kappa shape index (κ3) is 2.15. The predicted molar refractivity (Wildman–Crippen MR) is 72.9 cm³/mol. The van der Waals surface area contributed by atoms with E-state index in [2.05, 4.69) is 11.4 Å². The van der Waals surface area contributed by atoms with Crippen molar-refractivity contribution in [1.82, 2.24) is 0 Å². The van der Waals surface area contributed by atoms with Crippen LogP contribution in [0.1, 0.15) is 34.9 Å². The zero-order valence-corrected chi connectivity index (χ0v) is 10.8. The normalized spacial score (nSPS) is 15.8. The molecule has 0 bridgehead atoms. The number of amides is 1. The van der Waals surface area contributed by atoms with Crippen LogP contribution < -0.4 is 11.1 Å². The molecule has 1 amide bonds. The van der Waals surface area contributed by atoms with E-state index in [9.17, 15) is 4.79 Å². The molecule has 1 aromatic heterocycles. The molecule has 1 aromatic carbocycles. The number of carbonyl (C=O) groups is 1. The third-order valence-corrected chi connectivity index (χ3v) is 3.62. The summed E-state index contributed by atoms with van der Waals surface area (Å²) in [6.45, 7) is 1.91. The molecule has 0 spiro atoms. The largest absolute Gasteiger partial charge is 0.469 e. The lowest BCUT2D eigenvalue weighted by atomic mass is 9.94. The zero-order valence-electron chi connectivity index (χ0n) is 10.8. The first-order chi connectivity index (χ1) is 9.15. The van der Waals surface area contributed by atoms with Crippen molar-refractivity contribution in [2.75, 3.05) is 5.32 Å². The van der Waals surface area contributed by atoms with Gasteiger partial charge in [-0.05, 0) is 36.6 Å². The van der Waals surface area contributed by atoms with Crippen molar-refractivity contribution in [2.45, 2.75) is 25.8 Å². The maximum atomic E-state index is 11.3. The first-order valence-electron chi connectivity index (χ1n) is 6.37. The smallest absolute Gasteiger partial charge is 0.224 e. The lowest BCUT2D eigenvalue weighted by Gasteiger charge is -2.19. The quantitative estimate of drug-likeness (QED) is 0.867. The van der Waals surface area contributed by atoms with Crippen molar-refractivity contribution in [3.8, 4) is 0 Å². The first-order valence-corrected chi connectivity index (χ1v) is 6.37. The maximum absolute atomic E-state index is 11.3. The fourth-order valence-electron chi connectivity index (χ4n) is 2.49. The van der Waals surface area contributed by atoms with Crippen molar-refractivity contribution < 1.29 is 9.21 Å². The highest BCUT2D eigenvalue weighted by molar-refractivity contribution is 5.93. The summed E-state index contributed by atoms with van der Waals surface area (Å²) < 4.78 is 5.30. The van der Waals surface area contributed by atoms with E-state index in [1.165, 1.54) is 0 Å². The van der Waals surface area contributed by atoms with Crippen LogP contribution in [-0.4, -0.2) is 5.91 Å². The van der Waals surface area contributed by atoms with Gasteiger partial charge < -0.3 is 15.5 Å². The molecule has 0 radical (unpaired) electrons. The minimum atomic E-state index is -0.193. The van der Waals surface area contributed by atoms with Gasteiger partial charge in [-0.1, -0.05) is 12.1 Å². The molecule has 19 heavy (non-hydrogen) atoms. The molecule has 1 atom stereocenters. The van der Waals surface area contributed by atoms with E-state index in [-0.39, 0.29) is 11.9 Å². The number of hydrogen-bond acceptors (Lipinski definition) is 3. The number of furan rings is 1. The number of aryl methyl sites for hydroxylation is 2. The Morgan fingerprint density at radius 1 is 1.32 bits per heavy atom. The van der Waals surface area contributed by atoms with Gasteiger partial charge in [0.15, 0.2) is 0 Å². The number of benzene rings is 1. The van der Waals surface area contributed by atoms with Gasteiger partial charge in [-0.25, -0.2) is 0 Å². The molecule has 1 unspecified atom stereocenters. The van der Waals surface area contributed by atoms with Crippen molar-refractivity contribution in [3.05, 3.63) is 53.0 Å². The van der Waals surface area contributed by atoms with Crippen LogP contribution in [0.3, 0.4) is 0 Å². The summed E-state index contributed by atoms with van der Waals surface area (Å²) in [7, 11) is 0. The van der Waals surface area contributed by atoms with Gasteiger partial charge in [0.25, 0.3) is 0 Å². The first kappa shape index (κ1) is 12.0. The Morgan fingerprint density at radius 2 is 2.16 bits per heavy atom. The van der Waals surface area contributed by atoms with Crippen LogP contribution in [0.15, 0.2) is 34.9 Å². The van der Waals surface area contributed by atoms with Gasteiger partial charge in [0.05, 0.1) is 12.3 Å². The van der Waals surface area contributed by atoms with E-state index < -0.39 is 0 Å². The Balaban J connectivity index is 1.94. The molecule has 0 aliphatic carbocycles. The average molecular weight is 256 g/mol. The molecule has 0 fully saturated rings. The number of nitrogens with one attached hydrogen (secondary N) is 1. The van der Waals surface area contributed by atoms with E-state index in [1.807, 2.05) is 25.1 Å². The highest BCUT2D eigenvalue weighted by atomic mass is 16.3. The monoisotopic (exact) mass is 256 g/mol. The second-order valence-corrected chi connectivity index (χ2v) is 4.87. The molecule has 2 aromatic rings. The molecule has 0 saturated heterocycles. The summed E-state index contributed by atoms with van der Waals surface area (Å²) in [5.74, 6) is 0.925. The molecule has 1 aliphatic rings. The van der Waals surface area contributed by atoms with Gasteiger partial charge in [0, 0.05) is 17.7 Å². The van der Waals surface area contributed by atoms with Crippen LogP contribution in [0.5, 0.6) is 0 Å². The van der Waals surface area contributed by atoms with Crippen LogP contribution in [-0.2, 0) is 11.2 Å². The van der Waals surface area contributed by atoms with Gasteiger partial charge in [-0.15, -0.1) is 0 Å². The second-order valence-electron chi connectivity index (χ2n) is 4.87. The molecule has 98 valence electrons. The summed E-state index contributed by atoms with van der Waals surface area (Å²) in [5, 5.41) is 2.87. The molecular weight excluding hydrogens is 240 g/mol. The number of carbonyl (C=O) groups excluding carboxylic acids is 1. The maximum Gasteiger partial charge on any atom is 0.224 e. The lowest BCUT2D eigenvalue weighted by Crippen LogP contribution is -2.20. The summed E-state index contributed by atoms with van der Waals surface area (Å²) in [4.78, 5) is 11.3. The molecule has 1 aliphatic heterocycles. The van der Waals surface area contributed by atoms with E-state index in [0.717, 1.165) is 34.6 Å². The Kier molecular flexibility index (Phi) is 2.87. The minimum absolute atomic E-state index is 0.0789. The van der Waals surface area contributed by atoms with Crippen LogP contribution in [0.4, 0.5) is 5.69 Å². The van der Waals surface area contributed by atoms with Crippen LogP contribution >= 0.6 is 0 Å². The minimum Gasteiger partial charge on any atom is -0.469 e. The fourth-order valence-corrected chi connectivity index (χ4v) is 2.49. The summed E-state index contributed by atoms with van der Waals surface area (Å²) >= 11 is 0. The van der Waals surface area contributed by atoms with Crippen molar-refractivity contribution in [3.63, 3.8) is 0 Å². The molecule has 4 nitrogen and oxygen atoms in total. The molecular formula is C15H16N2O2. The number of anilines is 1. The topological polar surface area (TPSA) is 68.3 Å². The summed E-state index contributed by atoms with van der Waals surface area (Å²) in [6, 6.07) is 7.67. The Hall–Kier alpha value is -2.07. The van der Waals surface area contributed by atoms with Crippen LogP contribution in [0, 0.1) is 6.92 Å². The van der Waals surface area contributed by atoms with Gasteiger partial charge in [0.2, 0.25) is 5.91 Å². The summed E-state index contributed by atoms with van der Waals surface area (Å²) in [6.07, 6.45) is 2.96. The second kappa shape index (κ2) is 4.55. The van der Waals surface area contributed by atoms with Gasteiger partial charge in [-0.2, -0.15) is 0 Å². The number of nitrogens with two attached hydrogens (primary N) is 1. The zero-order chi connectivity index (χ0) is 13.4. The Labute approximate surface area is 111 Å². The molecule has 0 saturated carbocycles. The highest BCUT2D eigenvalue weighted by Crippen LogP contribution is 2.29. The molecule has 4 heteroatoms. The fraction of sp³-hybridized carbons (Fsp3) is 0.267. The van der Waals surface area contributed by atoms with E-state index >= 15 is 0 Å². The van der Waals surface area contributed by atoms with Gasteiger partial charge in [0.1, 0.15) is 5.76 Å². The predicted octanol–water partition coefficient (Wildman–Crippen LogP) is 2.52. The lowest BCUT2D eigenvalue weighted by molar-refractivity contribution is -0.116. The van der Waals surface area contributed by atoms with Crippen molar-refractivity contribution in [2.24, 2.45) is 5.73 Å². The standard InChI is InChI=1S/C15H16N2O2/c1-9-12(6-7-19-9)15(16)11-2-4-13-10(8-11)3-5-14(18)17-13/h2,4,6-8,15H,3,5,16H2,1H3,(H,17,18). The van der Waals surface area contributed by atoms with Crippen molar-refractivity contribution >= 4 is 11.6 Å². The number of fused-ring (bicyclic) bond motifs is 1. The van der Waals surface area contributed by atoms with E-state index in [4.69, 9.17) is 10.2 Å². The highest BCUT2D eigenvalue weighted by Gasteiger charge is 2.18. The van der Waals surface area contributed by atoms with Crippen LogP contribution in [0.2, 0.25) is 0 Å². The molecule has 3 rings (SSSR count). The van der Waals surface area contributed by atoms with Crippen molar-refractivity contribution in [1.29, 1.82) is 0 Å². The third-order valence-electron chi connectivity index (χ3n) is 3.62. The Morgan fingerprint density at radius 3 is 2.89 bits per heavy atom. The number of hydrogen-bond donors (Lipinski definition) is 2. The van der Waals surface area contributed by atoms with Gasteiger partial charge >= 0.3 is 0 Å². The van der Waals surface area contributed by atoms with E-state index in [0.29, 0.717) is 6.42 Å². The molecule has 2 heterocycles. The SMILES string of the molecule is Cc1occc1C(N)c1ccc2c(c1)CCC(=O)N2. The molecule has 3 N–H and O–H groups in total. The van der Waals surface area contributed by atoms with E-state index in [1.54, 1.807) is 6.26 Å².